The van der Waals surface area contributed by atoms with Gasteiger partial charge in [-0.1, -0.05) is 27.7 Å². The molecule has 86 valence electrons. The molecule has 0 heterocycles. The predicted molar refractivity (Wildman–Crippen MR) is 64.7 cm³/mol. The highest BCUT2D eigenvalue weighted by atomic mass is 15.0. The molecule has 2 N–H and O–H groups in total. The normalized spacial score (nSPS) is 14.4. The van der Waals surface area contributed by atoms with E-state index in [4.69, 9.17) is 0 Å². The summed E-state index contributed by atoms with van der Waals surface area (Å²) < 4.78 is 0. The minimum atomic E-state index is 0.377. The quantitative estimate of drug-likeness (QED) is 0.629. The molecule has 0 amide bonds. The molecule has 0 bridgehead atoms. The Morgan fingerprint density at radius 3 is 1.86 bits per heavy atom. The fraction of sp³-hybridized carbons (Fsp3) is 1.00. The van der Waals surface area contributed by atoms with Crippen LogP contribution in [0.15, 0.2) is 0 Å². The van der Waals surface area contributed by atoms with E-state index in [1.165, 1.54) is 19.3 Å². The average molecular weight is 200 g/mol. The average Bonchev–Trinajstić information content (AvgIpc) is 2.21. The van der Waals surface area contributed by atoms with Crippen LogP contribution in [0.4, 0.5) is 0 Å². The molecular weight excluding hydrogens is 172 g/mol. The van der Waals surface area contributed by atoms with Gasteiger partial charge in [0.25, 0.3) is 0 Å². The lowest BCUT2D eigenvalue weighted by Crippen LogP contribution is -2.46. The molecule has 0 rings (SSSR count). The maximum Gasteiger partial charge on any atom is 0.0173 e. The highest BCUT2D eigenvalue weighted by Gasteiger charge is 2.22. The fourth-order valence-electron chi connectivity index (χ4n) is 1.94. The van der Waals surface area contributed by atoms with Gasteiger partial charge < -0.3 is 10.6 Å². The zero-order valence-electron chi connectivity index (χ0n) is 10.6. The molecule has 1 unspecified atom stereocenters. The third kappa shape index (κ3) is 4.43. The summed E-state index contributed by atoms with van der Waals surface area (Å²) in [4.78, 5) is 0. The van der Waals surface area contributed by atoms with Gasteiger partial charge >= 0.3 is 0 Å². The third-order valence-electron chi connectivity index (χ3n) is 3.41. The number of nitrogens with one attached hydrogen (secondary N) is 2. The standard InChI is InChI=1S/C12H28N2/c1-6-12(7-2,8-3)14-10-11(4)9-13-5/h11,13-14H,6-10H2,1-5H3. The van der Waals surface area contributed by atoms with Gasteiger partial charge in [-0.2, -0.15) is 0 Å². The van der Waals surface area contributed by atoms with Crippen molar-refractivity contribution in [3.63, 3.8) is 0 Å². The Bertz CT molecular complexity index is 122. The number of rotatable bonds is 8. The molecule has 0 saturated heterocycles. The monoisotopic (exact) mass is 200 g/mol. The molecular formula is C12H28N2. The molecule has 2 nitrogen and oxygen atoms in total. The first-order valence-electron chi connectivity index (χ1n) is 6.03. The van der Waals surface area contributed by atoms with Crippen molar-refractivity contribution >= 4 is 0 Å². The van der Waals surface area contributed by atoms with Crippen molar-refractivity contribution in [1.82, 2.24) is 10.6 Å². The van der Waals surface area contributed by atoms with Gasteiger partial charge in [0.1, 0.15) is 0 Å². The lowest BCUT2D eigenvalue weighted by molar-refractivity contribution is 0.272. The molecule has 0 radical (unpaired) electrons. The molecule has 2 heteroatoms. The van der Waals surface area contributed by atoms with Crippen LogP contribution in [0.1, 0.15) is 47.0 Å². The van der Waals surface area contributed by atoms with Crippen molar-refractivity contribution in [3.05, 3.63) is 0 Å². The van der Waals surface area contributed by atoms with Crippen LogP contribution in [-0.2, 0) is 0 Å². The van der Waals surface area contributed by atoms with Gasteiger partial charge in [-0.15, -0.1) is 0 Å². The molecule has 0 fully saturated rings. The molecule has 0 spiro atoms. The van der Waals surface area contributed by atoms with E-state index in [2.05, 4.69) is 38.3 Å². The van der Waals surface area contributed by atoms with Gasteiger partial charge in [-0.25, -0.2) is 0 Å². The van der Waals surface area contributed by atoms with Crippen molar-refractivity contribution < 1.29 is 0 Å². The molecule has 0 saturated carbocycles. The SMILES string of the molecule is CCC(CC)(CC)NCC(C)CNC. The zero-order chi connectivity index (χ0) is 11.0. The van der Waals surface area contributed by atoms with E-state index in [-0.39, 0.29) is 0 Å². The van der Waals surface area contributed by atoms with Gasteiger partial charge in [0.05, 0.1) is 0 Å². The van der Waals surface area contributed by atoms with Crippen molar-refractivity contribution in [2.24, 2.45) is 5.92 Å². The van der Waals surface area contributed by atoms with Crippen LogP contribution < -0.4 is 10.6 Å². The van der Waals surface area contributed by atoms with E-state index in [1.807, 2.05) is 7.05 Å². The van der Waals surface area contributed by atoms with Crippen molar-refractivity contribution in [3.8, 4) is 0 Å². The van der Waals surface area contributed by atoms with Crippen LogP contribution in [0.2, 0.25) is 0 Å². The summed E-state index contributed by atoms with van der Waals surface area (Å²) in [6, 6.07) is 0. The molecule has 1 atom stereocenters. The Kier molecular flexibility index (Phi) is 7.20. The summed E-state index contributed by atoms with van der Waals surface area (Å²) in [5.74, 6) is 0.712. The molecule has 0 aliphatic rings. The Labute approximate surface area is 89.9 Å². The van der Waals surface area contributed by atoms with Crippen molar-refractivity contribution in [1.29, 1.82) is 0 Å². The summed E-state index contributed by atoms with van der Waals surface area (Å²) in [5.41, 5.74) is 0.377. The van der Waals surface area contributed by atoms with Gasteiger partial charge in [0.15, 0.2) is 0 Å². The van der Waals surface area contributed by atoms with Gasteiger partial charge in [-0.3, -0.25) is 0 Å². The van der Waals surface area contributed by atoms with Gasteiger partial charge in [-0.05, 0) is 45.3 Å². The molecule has 0 aliphatic heterocycles. The first-order valence-corrected chi connectivity index (χ1v) is 6.03. The molecule has 0 aromatic rings. The zero-order valence-corrected chi connectivity index (χ0v) is 10.6. The Morgan fingerprint density at radius 1 is 1.00 bits per heavy atom. The highest BCUT2D eigenvalue weighted by molar-refractivity contribution is 4.84. The van der Waals surface area contributed by atoms with Crippen LogP contribution >= 0.6 is 0 Å². The van der Waals surface area contributed by atoms with Gasteiger partial charge in [0.2, 0.25) is 0 Å². The van der Waals surface area contributed by atoms with Crippen molar-refractivity contribution in [2.45, 2.75) is 52.5 Å². The minimum absolute atomic E-state index is 0.377. The second kappa shape index (κ2) is 7.24. The molecule has 14 heavy (non-hydrogen) atoms. The number of hydrogen-bond donors (Lipinski definition) is 2. The summed E-state index contributed by atoms with van der Waals surface area (Å²) in [6.45, 7) is 11.3. The maximum absolute atomic E-state index is 3.73. The first-order chi connectivity index (χ1) is 6.64. The van der Waals surface area contributed by atoms with Crippen LogP contribution in [0.3, 0.4) is 0 Å². The van der Waals surface area contributed by atoms with E-state index < -0.39 is 0 Å². The lowest BCUT2D eigenvalue weighted by atomic mass is 9.89. The smallest absolute Gasteiger partial charge is 0.0173 e. The summed E-state index contributed by atoms with van der Waals surface area (Å²) in [7, 11) is 2.02. The van der Waals surface area contributed by atoms with E-state index in [1.54, 1.807) is 0 Å². The summed E-state index contributed by atoms with van der Waals surface area (Å²) in [6.07, 6.45) is 3.69. The van der Waals surface area contributed by atoms with Crippen LogP contribution in [0.25, 0.3) is 0 Å². The van der Waals surface area contributed by atoms with Crippen molar-refractivity contribution in [2.75, 3.05) is 20.1 Å². The van der Waals surface area contributed by atoms with E-state index in [0.29, 0.717) is 11.5 Å². The Balaban J connectivity index is 3.92. The fourth-order valence-corrected chi connectivity index (χ4v) is 1.94. The van der Waals surface area contributed by atoms with Gasteiger partial charge in [0, 0.05) is 5.54 Å². The van der Waals surface area contributed by atoms with Crippen LogP contribution in [0, 0.1) is 5.92 Å². The Hall–Kier alpha value is -0.0800. The summed E-state index contributed by atoms with van der Waals surface area (Å²) >= 11 is 0. The van der Waals surface area contributed by atoms with E-state index in [9.17, 15) is 0 Å². The predicted octanol–water partition coefficient (Wildman–Crippen LogP) is 2.40. The highest BCUT2D eigenvalue weighted by Crippen LogP contribution is 2.19. The third-order valence-corrected chi connectivity index (χ3v) is 3.41. The maximum atomic E-state index is 3.73. The van der Waals surface area contributed by atoms with E-state index in [0.717, 1.165) is 13.1 Å². The number of hydrogen-bond acceptors (Lipinski definition) is 2. The van der Waals surface area contributed by atoms with Crippen LogP contribution in [0.5, 0.6) is 0 Å². The second-order valence-corrected chi connectivity index (χ2v) is 4.38. The minimum Gasteiger partial charge on any atom is -0.319 e. The second-order valence-electron chi connectivity index (χ2n) is 4.38. The first kappa shape index (κ1) is 13.9. The van der Waals surface area contributed by atoms with E-state index >= 15 is 0 Å². The lowest BCUT2D eigenvalue weighted by Gasteiger charge is -2.33. The summed E-state index contributed by atoms with van der Waals surface area (Å²) in [5, 5.41) is 6.94. The van der Waals surface area contributed by atoms with Crippen LogP contribution in [-0.4, -0.2) is 25.7 Å². The molecule has 0 aliphatic carbocycles. The molecule has 0 aromatic carbocycles. The topological polar surface area (TPSA) is 24.1 Å². The molecule has 0 aromatic heterocycles. The Morgan fingerprint density at radius 2 is 1.50 bits per heavy atom. The largest absolute Gasteiger partial charge is 0.319 e.